The van der Waals surface area contributed by atoms with Crippen LogP contribution in [0.4, 0.5) is 0 Å². The molecule has 0 saturated heterocycles. The van der Waals surface area contributed by atoms with Crippen molar-refractivity contribution in [3.8, 4) is 5.75 Å². The third-order valence-corrected chi connectivity index (χ3v) is 3.79. The largest absolute Gasteiger partial charge is 0.494 e. The van der Waals surface area contributed by atoms with E-state index >= 15 is 0 Å². The summed E-state index contributed by atoms with van der Waals surface area (Å²) < 4.78 is 10.0. The van der Waals surface area contributed by atoms with E-state index in [2.05, 4.69) is 15.4 Å². The molecular weight excluding hydrogens is 336 g/mol. The molecule has 0 aliphatic heterocycles. The molecule has 0 saturated carbocycles. The van der Waals surface area contributed by atoms with Gasteiger partial charge in [0.25, 0.3) is 5.91 Å². The van der Waals surface area contributed by atoms with Crippen LogP contribution in [-0.2, 0) is 14.3 Å². The van der Waals surface area contributed by atoms with Gasteiger partial charge in [-0.3, -0.25) is 9.59 Å². The van der Waals surface area contributed by atoms with Crippen LogP contribution in [0.5, 0.6) is 5.75 Å². The molecule has 7 nitrogen and oxygen atoms in total. The van der Waals surface area contributed by atoms with Crippen LogP contribution in [0.15, 0.2) is 24.3 Å². The topological polar surface area (TPSA) is 93.7 Å². The van der Waals surface area contributed by atoms with Crippen LogP contribution in [0.25, 0.3) is 0 Å². The highest BCUT2D eigenvalue weighted by Crippen LogP contribution is 2.13. The number of nitrogens with one attached hydrogen (secondary N) is 2. The number of carbonyl (C=O) groups is 3. The van der Waals surface area contributed by atoms with Crippen molar-refractivity contribution in [2.45, 2.75) is 46.2 Å². The number of amides is 2. The first-order chi connectivity index (χ1) is 12.1. The first-order valence-corrected chi connectivity index (χ1v) is 8.56. The van der Waals surface area contributed by atoms with Gasteiger partial charge in [0.1, 0.15) is 17.3 Å². The van der Waals surface area contributed by atoms with E-state index in [1.54, 1.807) is 38.1 Å². The SMILES string of the molecule is CCOc1ccc(C(=O)NC(C(=O)NC(C)(C)C(=O)OC)C(C)C)cc1. The van der Waals surface area contributed by atoms with Crippen molar-refractivity contribution in [1.82, 2.24) is 10.6 Å². The third-order valence-electron chi connectivity index (χ3n) is 3.79. The molecule has 0 fully saturated rings. The summed E-state index contributed by atoms with van der Waals surface area (Å²) in [5.41, 5.74) is -0.776. The van der Waals surface area contributed by atoms with Crippen molar-refractivity contribution in [3.05, 3.63) is 29.8 Å². The van der Waals surface area contributed by atoms with Gasteiger partial charge in [0.05, 0.1) is 13.7 Å². The van der Waals surface area contributed by atoms with Gasteiger partial charge in [-0.2, -0.15) is 0 Å². The van der Waals surface area contributed by atoms with E-state index in [9.17, 15) is 14.4 Å². The van der Waals surface area contributed by atoms with Gasteiger partial charge >= 0.3 is 5.97 Å². The molecule has 0 heterocycles. The fourth-order valence-electron chi connectivity index (χ4n) is 2.32. The Labute approximate surface area is 154 Å². The maximum Gasteiger partial charge on any atom is 0.330 e. The van der Waals surface area contributed by atoms with Gasteiger partial charge in [-0.1, -0.05) is 13.8 Å². The minimum absolute atomic E-state index is 0.171. The molecule has 1 rings (SSSR count). The monoisotopic (exact) mass is 364 g/mol. The number of carbonyl (C=O) groups excluding carboxylic acids is 3. The van der Waals surface area contributed by atoms with E-state index in [0.717, 1.165) is 0 Å². The van der Waals surface area contributed by atoms with Crippen LogP contribution in [-0.4, -0.2) is 43.1 Å². The number of esters is 1. The summed E-state index contributed by atoms with van der Waals surface area (Å²) in [5, 5.41) is 5.34. The highest BCUT2D eigenvalue weighted by atomic mass is 16.5. The molecule has 0 bridgehead atoms. The molecule has 26 heavy (non-hydrogen) atoms. The average Bonchev–Trinajstić information content (AvgIpc) is 2.58. The Bertz CT molecular complexity index is 638. The predicted octanol–water partition coefficient (Wildman–Crippen LogP) is 1.91. The standard InChI is InChI=1S/C19H28N2O5/c1-7-26-14-10-8-13(9-11-14)16(22)20-15(12(2)3)17(23)21-19(4,5)18(24)25-6/h8-12,15H,7H2,1-6H3,(H,20,22)(H,21,23). The van der Waals surface area contributed by atoms with Gasteiger partial charge in [0.15, 0.2) is 0 Å². The second-order valence-electron chi connectivity index (χ2n) is 6.76. The number of ether oxygens (including phenoxy) is 2. The quantitative estimate of drug-likeness (QED) is 0.687. The molecule has 7 heteroatoms. The molecule has 0 spiro atoms. The van der Waals surface area contributed by atoms with Gasteiger partial charge in [0.2, 0.25) is 5.91 Å². The maximum absolute atomic E-state index is 12.6. The van der Waals surface area contributed by atoms with Gasteiger partial charge in [-0.15, -0.1) is 0 Å². The summed E-state index contributed by atoms with van der Waals surface area (Å²) in [6.07, 6.45) is 0. The van der Waals surface area contributed by atoms with Crippen molar-refractivity contribution in [1.29, 1.82) is 0 Å². The van der Waals surface area contributed by atoms with Crippen LogP contribution in [0.2, 0.25) is 0 Å². The molecule has 2 amide bonds. The van der Waals surface area contributed by atoms with Crippen LogP contribution in [0.3, 0.4) is 0 Å². The van der Waals surface area contributed by atoms with Crippen LogP contribution in [0.1, 0.15) is 45.0 Å². The summed E-state index contributed by atoms with van der Waals surface area (Å²) in [6.45, 7) is 9.13. The minimum Gasteiger partial charge on any atom is -0.494 e. The first kappa shape index (κ1) is 21.5. The van der Waals surface area contributed by atoms with Gasteiger partial charge < -0.3 is 20.1 Å². The molecule has 0 aliphatic rings. The van der Waals surface area contributed by atoms with Crippen molar-refractivity contribution in [2.75, 3.05) is 13.7 Å². The van der Waals surface area contributed by atoms with Gasteiger partial charge in [-0.25, -0.2) is 4.79 Å². The van der Waals surface area contributed by atoms with Crippen molar-refractivity contribution >= 4 is 17.8 Å². The fraction of sp³-hybridized carbons (Fsp3) is 0.526. The average molecular weight is 364 g/mol. The van der Waals surface area contributed by atoms with Crippen LogP contribution < -0.4 is 15.4 Å². The number of methoxy groups -OCH3 is 1. The maximum atomic E-state index is 12.6. The molecule has 1 unspecified atom stereocenters. The van der Waals surface area contributed by atoms with Crippen LogP contribution in [0, 0.1) is 5.92 Å². The molecular formula is C19H28N2O5. The molecule has 0 radical (unpaired) electrons. The Morgan fingerprint density at radius 3 is 2.15 bits per heavy atom. The fourth-order valence-corrected chi connectivity index (χ4v) is 2.32. The molecule has 1 aromatic carbocycles. The number of rotatable bonds is 8. The van der Waals surface area contributed by atoms with E-state index in [1.165, 1.54) is 7.11 Å². The summed E-state index contributed by atoms with van der Waals surface area (Å²) in [7, 11) is 1.25. The van der Waals surface area contributed by atoms with Gasteiger partial charge in [0, 0.05) is 5.56 Å². The van der Waals surface area contributed by atoms with E-state index in [1.807, 2.05) is 20.8 Å². The van der Waals surface area contributed by atoms with Crippen molar-refractivity contribution in [3.63, 3.8) is 0 Å². The lowest BCUT2D eigenvalue weighted by molar-refractivity contribution is -0.149. The lowest BCUT2D eigenvalue weighted by Gasteiger charge is -2.28. The minimum atomic E-state index is -1.19. The molecule has 1 aromatic rings. The summed E-state index contributed by atoms with van der Waals surface area (Å²) >= 11 is 0. The zero-order valence-corrected chi connectivity index (χ0v) is 16.2. The van der Waals surface area contributed by atoms with E-state index in [-0.39, 0.29) is 11.8 Å². The number of benzene rings is 1. The van der Waals surface area contributed by atoms with Crippen molar-refractivity contribution in [2.24, 2.45) is 5.92 Å². The lowest BCUT2D eigenvalue weighted by Crippen LogP contribution is -2.58. The normalized spacial score (nSPS) is 12.3. The summed E-state index contributed by atoms with van der Waals surface area (Å²) in [4.78, 5) is 36.8. The highest BCUT2D eigenvalue weighted by Gasteiger charge is 2.34. The molecule has 144 valence electrons. The summed E-state index contributed by atoms with van der Waals surface area (Å²) in [6, 6.07) is 5.87. The second-order valence-corrected chi connectivity index (χ2v) is 6.76. The predicted molar refractivity (Wildman–Crippen MR) is 97.9 cm³/mol. The second kappa shape index (κ2) is 9.22. The van der Waals surface area contributed by atoms with E-state index < -0.39 is 23.5 Å². The Morgan fingerprint density at radius 2 is 1.69 bits per heavy atom. The zero-order valence-electron chi connectivity index (χ0n) is 16.2. The molecule has 2 N–H and O–H groups in total. The molecule has 0 aromatic heterocycles. The Balaban J connectivity index is 2.85. The Morgan fingerprint density at radius 1 is 1.12 bits per heavy atom. The Kier molecular flexibility index (Phi) is 7.61. The van der Waals surface area contributed by atoms with E-state index in [0.29, 0.717) is 17.9 Å². The van der Waals surface area contributed by atoms with Crippen LogP contribution >= 0.6 is 0 Å². The third kappa shape index (κ3) is 5.75. The molecule has 0 aliphatic carbocycles. The zero-order chi connectivity index (χ0) is 19.9. The number of hydrogen-bond acceptors (Lipinski definition) is 5. The summed E-state index contributed by atoms with van der Waals surface area (Å²) in [5.74, 6) is -0.893. The first-order valence-electron chi connectivity index (χ1n) is 8.56. The Hall–Kier alpha value is -2.57. The van der Waals surface area contributed by atoms with Crippen molar-refractivity contribution < 1.29 is 23.9 Å². The number of hydrogen-bond donors (Lipinski definition) is 2. The highest BCUT2D eigenvalue weighted by molar-refractivity contribution is 5.98. The smallest absolute Gasteiger partial charge is 0.330 e. The molecule has 1 atom stereocenters. The van der Waals surface area contributed by atoms with Gasteiger partial charge in [-0.05, 0) is 51.0 Å². The van der Waals surface area contributed by atoms with E-state index in [4.69, 9.17) is 4.74 Å². The lowest BCUT2D eigenvalue weighted by atomic mass is 9.99.